The summed E-state index contributed by atoms with van der Waals surface area (Å²) in [6, 6.07) is 15.4. The fourth-order valence-electron chi connectivity index (χ4n) is 2.41. The molecule has 0 atom stereocenters. The molecule has 1 amide bonds. The van der Waals surface area contributed by atoms with Crippen molar-refractivity contribution in [3.05, 3.63) is 59.7 Å². The van der Waals surface area contributed by atoms with E-state index in [1.54, 1.807) is 0 Å². The Morgan fingerprint density at radius 3 is 2.63 bits per heavy atom. The average molecular weight is 381 g/mol. The van der Waals surface area contributed by atoms with Gasteiger partial charge in [-0.15, -0.1) is 10.2 Å². The number of nitrogens with zero attached hydrogens (tertiary/aromatic N) is 4. The van der Waals surface area contributed by atoms with Crippen molar-refractivity contribution in [1.29, 1.82) is 0 Å². The Bertz CT molecular complexity index is 955. The van der Waals surface area contributed by atoms with E-state index in [0.29, 0.717) is 5.82 Å². The van der Waals surface area contributed by atoms with Crippen LogP contribution in [0.3, 0.4) is 0 Å². The van der Waals surface area contributed by atoms with E-state index in [9.17, 15) is 4.79 Å². The zero-order chi connectivity index (χ0) is 19.2. The number of hydrogen-bond acceptors (Lipinski definition) is 5. The van der Waals surface area contributed by atoms with Crippen molar-refractivity contribution >= 4 is 28.9 Å². The second kappa shape index (κ2) is 8.37. The van der Waals surface area contributed by atoms with Crippen molar-refractivity contribution in [2.75, 3.05) is 5.32 Å². The van der Waals surface area contributed by atoms with Gasteiger partial charge in [0.25, 0.3) is 5.91 Å². The predicted octanol–water partition coefficient (Wildman–Crippen LogP) is 1.97. The lowest BCUT2D eigenvalue weighted by atomic mass is 10.1. The number of hydrogen-bond donors (Lipinski definition) is 3. The number of carbonyl (C=O) groups is 1. The first-order valence-electron chi connectivity index (χ1n) is 8.27. The third kappa shape index (κ3) is 5.08. The molecular formula is C18H19N7OS. The average Bonchev–Trinajstić information content (AvgIpc) is 3.11. The van der Waals surface area contributed by atoms with E-state index in [2.05, 4.69) is 31.6 Å². The highest BCUT2D eigenvalue weighted by Gasteiger charge is 2.09. The molecule has 1 aromatic heterocycles. The Morgan fingerprint density at radius 1 is 1.11 bits per heavy atom. The van der Waals surface area contributed by atoms with Crippen molar-refractivity contribution in [1.82, 2.24) is 31.1 Å². The summed E-state index contributed by atoms with van der Waals surface area (Å²) in [6.45, 7) is 3.92. The quantitative estimate of drug-likeness (QED) is 0.470. The summed E-state index contributed by atoms with van der Waals surface area (Å²) in [4.78, 5) is 13.3. The van der Waals surface area contributed by atoms with Crippen LogP contribution in [0.1, 0.15) is 11.1 Å². The van der Waals surface area contributed by atoms with E-state index in [1.807, 2.05) is 62.4 Å². The van der Waals surface area contributed by atoms with Gasteiger partial charge in [0, 0.05) is 11.3 Å². The molecule has 0 bridgehead atoms. The van der Waals surface area contributed by atoms with Gasteiger partial charge < -0.3 is 5.32 Å². The number of anilines is 1. The summed E-state index contributed by atoms with van der Waals surface area (Å²) in [5.41, 5.74) is 9.11. The number of benzene rings is 2. The zero-order valence-corrected chi connectivity index (χ0v) is 15.7. The van der Waals surface area contributed by atoms with Crippen molar-refractivity contribution in [3.8, 4) is 11.4 Å². The van der Waals surface area contributed by atoms with Gasteiger partial charge in [0.05, 0.1) is 0 Å². The number of nitrogens with one attached hydrogen (secondary N) is 3. The molecule has 0 unspecified atom stereocenters. The van der Waals surface area contributed by atoms with Crippen LogP contribution in [0.5, 0.6) is 0 Å². The summed E-state index contributed by atoms with van der Waals surface area (Å²) >= 11 is 5.19. The summed E-state index contributed by atoms with van der Waals surface area (Å²) in [5, 5.41) is 15.4. The van der Waals surface area contributed by atoms with Crippen LogP contribution in [-0.2, 0) is 11.3 Å². The monoisotopic (exact) mass is 381 g/mol. The fourth-order valence-corrected chi connectivity index (χ4v) is 2.58. The predicted molar refractivity (Wildman–Crippen MR) is 107 cm³/mol. The normalized spacial score (nSPS) is 10.3. The van der Waals surface area contributed by atoms with Crippen molar-refractivity contribution < 1.29 is 4.79 Å². The molecule has 8 nitrogen and oxygen atoms in total. The van der Waals surface area contributed by atoms with Crippen molar-refractivity contribution in [2.24, 2.45) is 0 Å². The smallest absolute Gasteiger partial charge is 0.262 e. The molecule has 0 fully saturated rings. The van der Waals surface area contributed by atoms with Crippen molar-refractivity contribution in [3.63, 3.8) is 0 Å². The Kier molecular flexibility index (Phi) is 5.72. The van der Waals surface area contributed by atoms with Gasteiger partial charge >= 0.3 is 0 Å². The van der Waals surface area contributed by atoms with Gasteiger partial charge in [-0.25, -0.2) is 0 Å². The minimum atomic E-state index is -0.350. The lowest BCUT2D eigenvalue weighted by Gasteiger charge is -2.13. The molecule has 9 heteroatoms. The molecule has 0 aliphatic heterocycles. The van der Waals surface area contributed by atoms with Gasteiger partial charge in [0.1, 0.15) is 6.54 Å². The molecule has 2 aromatic carbocycles. The molecule has 1 heterocycles. The Balaban J connectivity index is 1.49. The molecule has 0 saturated carbocycles. The van der Waals surface area contributed by atoms with E-state index in [1.165, 1.54) is 10.4 Å². The summed E-state index contributed by atoms with van der Waals surface area (Å²) in [5.74, 6) is 0.111. The molecule has 0 radical (unpaired) electrons. The third-order valence-corrected chi connectivity index (χ3v) is 3.92. The van der Waals surface area contributed by atoms with Crippen LogP contribution in [0, 0.1) is 13.8 Å². The first kappa shape index (κ1) is 18.5. The fraction of sp³-hybridized carbons (Fsp3) is 0.167. The Hall–Kier alpha value is -3.33. The molecule has 0 saturated heterocycles. The van der Waals surface area contributed by atoms with Gasteiger partial charge in [-0.05, 0) is 42.9 Å². The summed E-state index contributed by atoms with van der Waals surface area (Å²) < 4.78 is 0. The number of tetrazole rings is 1. The lowest BCUT2D eigenvalue weighted by Crippen LogP contribution is -2.45. The van der Waals surface area contributed by atoms with Crippen LogP contribution >= 0.6 is 12.2 Å². The minimum Gasteiger partial charge on any atom is -0.331 e. The van der Waals surface area contributed by atoms with E-state index in [0.717, 1.165) is 16.8 Å². The highest BCUT2D eigenvalue weighted by atomic mass is 32.1. The largest absolute Gasteiger partial charge is 0.331 e. The van der Waals surface area contributed by atoms with Crippen LogP contribution < -0.4 is 16.2 Å². The highest BCUT2D eigenvalue weighted by Crippen LogP contribution is 2.15. The van der Waals surface area contributed by atoms with Crippen LogP contribution in [0.25, 0.3) is 11.4 Å². The first-order valence-corrected chi connectivity index (χ1v) is 8.68. The number of amides is 1. The molecule has 27 heavy (non-hydrogen) atoms. The maximum atomic E-state index is 12.0. The van der Waals surface area contributed by atoms with Crippen LogP contribution in [0.15, 0.2) is 48.5 Å². The Labute approximate surface area is 161 Å². The second-order valence-electron chi connectivity index (χ2n) is 5.96. The molecule has 138 valence electrons. The second-order valence-corrected chi connectivity index (χ2v) is 6.36. The zero-order valence-electron chi connectivity index (χ0n) is 14.9. The minimum absolute atomic E-state index is 0.0843. The molecule has 3 N–H and O–H groups in total. The number of aryl methyl sites for hydroxylation is 2. The van der Waals surface area contributed by atoms with E-state index < -0.39 is 0 Å². The van der Waals surface area contributed by atoms with E-state index >= 15 is 0 Å². The van der Waals surface area contributed by atoms with Crippen LogP contribution in [0.4, 0.5) is 5.69 Å². The van der Waals surface area contributed by atoms with Gasteiger partial charge in [-0.3, -0.25) is 15.6 Å². The van der Waals surface area contributed by atoms with Gasteiger partial charge in [0.15, 0.2) is 5.11 Å². The standard InChI is InChI=1S/C18H19N7OS/c1-12-8-9-15(13(2)10-12)19-18(27)22-20-16(26)11-25-23-17(21-24-25)14-6-4-3-5-7-14/h3-10H,11H2,1-2H3,(H,20,26)(H2,19,22,27). The van der Waals surface area contributed by atoms with E-state index in [-0.39, 0.29) is 17.6 Å². The molecular weight excluding hydrogens is 362 g/mol. The Morgan fingerprint density at radius 2 is 1.89 bits per heavy atom. The van der Waals surface area contributed by atoms with Gasteiger partial charge in [0.2, 0.25) is 5.82 Å². The maximum absolute atomic E-state index is 12.0. The summed E-state index contributed by atoms with van der Waals surface area (Å²) in [7, 11) is 0. The first-order chi connectivity index (χ1) is 13.0. The van der Waals surface area contributed by atoms with E-state index in [4.69, 9.17) is 12.2 Å². The topological polar surface area (TPSA) is 96.8 Å². The number of hydrazine groups is 1. The molecule has 0 aliphatic carbocycles. The third-order valence-electron chi connectivity index (χ3n) is 3.72. The molecule has 0 aliphatic rings. The number of carbonyl (C=O) groups excluding carboxylic acids is 1. The number of thiocarbonyl (C=S) groups is 1. The molecule has 3 rings (SSSR count). The lowest BCUT2D eigenvalue weighted by molar-refractivity contribution is -0.122. The van der Waals surface area contributed by atoms with Crippen molar-refractivity contribution in [2.45, 2.75) is 20.4 Å². The highest BCUT2D eigenvalue weighted by molar-refractivity contribution is 7.80. The number of aromatic nitrogens is 4. The van der Waals surface area contributed by atoms with Crippen LogP contribution in [-0.4, -0.2) is 31.2 Å². The molecule has 3 aromatic rings. The maximum Gasteiger partial charge on any atom is 0.262 e. The van der Waals surface area contributed by atoms with Gasteiger partial charge in [-0.2, -0.15) is 4.80 Å². The molecule has 0 spiro atoms. The number of rotatable bonds is 4. The summed E-state index contributed by atoms with van der Waals surface area (Å²) in [6.07, 6.45) is 0. The van der Waals surface area contributed by atoms with Gasteiger partial charge in [-0.1, -0.05) is 48.0 Å². The SMILES string of the molecule is Cc1ccc(NC(=S)NNC(=O)Cn2nnc(-c3ccccc3)n2)c(C)c1. The van der Waals surface area contributed by atoms with Crippen LogP contribution in [0.2, 0.25) is 0 Å².